The van der Waals surface area contributed by atoms with Crippen molar-refractivity contribution in [3.05, 3.63) is 59.0 Å². The average Bonchev–Trinajstić information content (AvgIpc) is 2.92. The molecule has 106 valence electrons. The number of hydrogen-bond donors (Lipinski definition) is 0. The number of hydrogen-bond acceptors (Lipinski definition) is 2. The van der Waals surface area contributed by atoms with Crippen LogP contribution in [-0.2, 0) is 17.9 Å². The molecule has 0 aliphatic heterocycles. The third-order valence-corrected chi connectivity index (χ3v) is 3.27. The van der Waals surface area contributed by atoms with Gasteiger partial charge in [-0.2, -0.15) is 0 Å². The van der Waals surface area contributed by atoms with Crippen molar-refractivity contribution < 1.29 is 9.21 Å². The first kappa shape index (κ1) is 14.7. The Kier molecular flexibility index (Phi) is 4.85. The minimum Gasteiger partial charge on any atom is -0.467 e. The number of halogens is 1. The summed E-state index contributed by atoms with van der Waals surface area (Å²) in [6.07, 6.45) is 1.62. The zero-order valence-corrected chi connectivity index (χ0v) is 12.4. The third kappa shape index (κ3) is 3.87. The Morgan fingerprint density at radius 3 is 2.45 bits per heavy atom. The fourth-order valence-electron chi connectivity index (χ4n) is 1.98. The molecule has 0 saturated carbocycles. The predicted molar refractivity (Wildman–Crippen MR) is 79.3 cm³/mol. The lowest BCUT2D eigenvalue weighted by molar-refractivity contribution is -0.136. The summed E-state index contributed by atoms with van der Waals surface area (Å²) in [5.41, 5.74) is 1.05. The molecule has 0 saturated heterocycles. The molecule has 4 heteroatoms. The molecular weight excluding hydrogens is 274 g/mol. The van der Waals surface area contributed by atoms with E-state index in [4.69, 9.17) is 16.0 Å². The number of benzene rings is 1. The highest BCUT2D eigenvalue weighted by molar-refractivity contribution is 6.30. The summed E-state index contributed by atoms with van der Waals surface area (Å²) in [6, 6.07) is 11.2. The SMILES string of the molecule is CC(C)C(=O)N(Cc1ccc(Cl)cc1)Cc1ccco1. The second-order valence-electron chi connectivity index (χ2n) is 5.05. The van der Waals surface area contributed by atoms with Crippen LogP contribution < -0.4 is 0 Å². The molecule has 1 amide bonds. The highest BCUT2D eigenvalue weighted by atomic mass is 35.5. The van der Waals surface area contributed by atoms with Crippen molar-refractivity contribution in [3.8, 4) is 0 Å². The minimum absolute atomic E-state index is 0.0442. The summed E-state index contributed by atoms with van der Waals surface area (Å²) in [6.45, 7) is 4.83. The van der Waals surface area contributed by atoms with Crippen LogP contribution >= 0.6 is 11.6 Å². The molecule has 2 aromatic rings. The van der Waals surface area contributed by atoms with Crippen LogP contribution in [0.2, 0.25) is 5.02 Å². The summed E-state index contributed by atoms with van der Waals surface area (Å²) in [7, 11) is 0. The fraction of sp³-hybridized carbons (Fsp3) is 0.312. The Morgan fingerprint density at radius 1 is 1.20 bits per heavy atom. The molecule has 0 spiro atoms. The molecular formula is C16H18ClNO2. The molecule has 0 unspecified atom stereocenters. The van der Waals surface area contributed by atoms with E-state index in [2.05, 4.69) is 0 Å². The van der Waals surface area contributed by atoms with E-state index in [1.165, 1.54) is 0 Å². The zero-order valence-electron chi connectivity index (χ0n) is 11.7. The van der Waals surface area contributed by atoms with E-state index < -0.39 is 0 Å². The molecule has 0 aliphatic rings. The van der Waals surface area contributed by atoms with E-state index in [1.54, 1.807) is 11.2 Å². The van der Waals surface area contributed by atoms with Gasteiger partial charge in [-0.3, -0.25) is 4.79 Å². The summed E-state index contributed by atoms with van der Waals surface area (Å²) < 4.78 is 5.34. The molecule has 1 heterocycles. The van der Waals surface area contributed by atoms with Crippen LogP contribution in [-0.4, -0.2) is 10.8 Å². The number of furan rings is 1. The van der Waals surface area contributed by atoms with Gasteiger partial charge in [0.1, 0.15) is 5.76 Å². The van der Waals surface area contributed by atoms with Gasteiger partial charge in [0.05, 0.1) is 12.8 Å². The smallest absolute Gasteiger partial charge is 0.225 e. The maximum Gasteiger partial charge on any atom is 0.225 e. The van der Waals surface area contributed by atoms with E-state index in [0.29, 0.717) is 18.1 Å². The molecule has 0 radical (unpaired) electrons. The first-order valence-corrected chi connectivity index (χ1v) is 6.99. The lowest BCUT2D eigenvalue weighted by Gasteiger charge is -2.23. The molecule has 20 heavy (non-hydrogen) atoms. The molecule has 0 N–H and O–H groups in total. The van der Waals surface area contributed by atoms with Gasteiger partial charge in [-0.05, 0) is 29.8 Å². The second kappa shape index (κ2) is 6.62. The Hall–Kier alpha value is -1.74. The van der Waals surface area contributed by atoms with E-state index in [-0.39, 0.29) is 11.8 Å². The maximum atomic E-state index is 12.3. The molecule has 1 aromatic heterocycles. The van der Waals surface area contributed by atoms with Crippen LogP contribution in [0.1, 0.15) is 25.2 Å². The van der Waals surface area contributed by atoms with E-state index >= 15 is 0 Å². The van der Waals surface area contributed by atoms with Crippen molar-refractivity contribution in [2.45, 2.75) is 26.9 Å². The molecule has 3 nitrogen and oxygen atoms in total. The standard InChI is InChI=1S/C16H18ClNO2/c1-12(2)16(19)18(11-15-4-3-9-20-15)10-13-5-7-14(17)8-6-13/h3-9,12H,10-11H2,1-2H3. The lowest BCUT2D eigenvalue weighted by atomic mass is 10.1. The van der Waals surface area contributed by atoms with Crippen molar-refractivity contribution in [1.29, 1.82) is 0 Å². The zero-order chi connectivity index (χ0) is 14.5. The summed E-state index contributed by atoms with van der Waals surface area (Å²) in [5.74, 6) is 0.849. The average molecular weight is 292 g/mol. The minimum atomic E-state index is -0.0442. The number of rotatable bonds is 5. The van der Waals surface area contributed by atoms with Gasteiger partial charge >= 0.3 is 0 Å². The van der Waals surface area contributed by atoms with Crippen LogP contribution in [0.5, 0.6) is 0 Å². The van der Waals surface area contributed by atoms with Gasteiger partial charge in [0.2, 0.25) is 5.91 Å². The topological polar surface area (TPSA) is 33.5 Å². The van der Waals surface area contributed by atoms with E-state index in [1.807, 2.05) is 50.2 Å². The van der Waals surface area contributed by atoms with Gasteiger partial charge in [0.15, 0.2) is 0 Å². The van der Waals surface area contributed by atoms with Gasteiger partial charge in [0, 0.05) is 17.5 Å². The van der Waals surface area contributed by atoms with Crippen molar-refractivity contribution >= 4 is 17.5 Å². The Balaban J connectivity index is 2.13. The number of carbonyl (C=O) groups excluding carboxylic acids is 1. The van der Waals surface area contributed by atoms with Gasteiger partial charge in [0.25, 0.3) is 0 Å². The second-order valence-corrected chi connectivity index (χ2v) is 5.49. The van der Waals surface area contributed by atoms with E-state index in [0.717, 1.165) is 11.3 Å². The van der Waals surface area contributed by atoms with Crippen LogP contribution in [0.25, 0.3) is 0 Å². The molecule has 0 atom stereocenters. The quantitative estimate of drug-likeness (QED) is 0.830. The fourth-order valence-corrected chi connectivity index (χ4v) is 2.10. The largest absolute Gasteiger partial charge is 0.467 e. The molecule has 1 aromatic carbocycles. The summed E-state index contributed by atoms with van der Waals surface area (Å²) in [4.78, 5) is 14.1. The molecule has 0 bridgehead atoms. The van der Waals surface area contributed by atoms with Crippen molar-refractivity contribution in [2.75, 3.05) is 0 Å². The van der Waals surface area contributed by atoms with E-state index in [9.17, 15) is 4.79 Å². The Labute approximate surface area is 124 Å². The lowest BCUT2D eigenvalue weighted by Crippen LogP contribution is -2.33. The van der Waals surface area contributed by atoms with Gasteiger partial charge in [-0.25, -0.2) is 0 Å². The Morgan fingerprint density at radius 2 is 1.90 bits per heavy atom. The van der Waals surface area contributed by atoms with Gasteiger partial charge < -0.3 is 9.32 Å². The van der Waals surface area contributed by atoms with Crippen molar-refractivity contribution in [1.82, 2.24) is 4.90 Å². The summed E-state index contributed by atoms with van der Waals surface area (Å²) in [5, 5.41) is 0.696. The third-order valence-electron chi connectivity index (χ3n) is 3.02. The van der Waals surface area contributed by atoms with Crippen LogP contribution in [0, 0.1) is 5.92 Å². The van der Waals surface area contributed by atoms with Crippen LogP contribution in [0.3, 0.4) is 0 Å². The molecule has 2 rings (SSSR count). The molecule has 0 fully saturated rings. The summed E-state index contributed by atoms with van der Waals surface area (Å²) >= 11 is 5.88. The van der Waals surface area contributed by atoms with Gasteiger partial charge in [-0.15, -0.1) is 0 Å². The van der Waals surface area contributed by atoms with Gasteiger partial charge in [-0.1, -0.05) is 37.6 Å². The number of amides is 1. The highest BCUT2D eigenvalue weighted by Crippen LogP contribution is 2.16. The monoisotopic (exact) mass is 291 g/mol. The maximum absolute atomic E-state index is 12.3. The van der Waals surface area contributed by atoms with Crippen molar-refractivity contribution in [3.63, 3.8) is 0 Å². The van der Waals surface area contributed by atoms with Crippen LogP contribution in [0.15, 0.2) is 47.1 Å². The first-order valence-electron chi connectivity index (χ1n) is 6.62. The van der Waals surface area contributed by atoms with Crippen molar-refractivity contribution in [2.24, 2.45) is 5.92 Å². The predicted octanol–water partition coefficient (Wildman–Crippen LogP) is 4.12. The first-order chi connectivity index (χ1) is 9.56. The number of nitrogens with zero attached hydrogens (tertiary/aromatic N) is 1. The normalized spacial score (nSPS) is 10.8. The number of carbonyl (C=O) groups is 1. The van der Waals surface area contributed by atoms with Crippen LogP contribution in [0.4, 0.5) is 0 Å². The molecule has 0 aliphatic carbocycles. The Bertz CT molecular complexity index is 546. The highest BCUT2D eigenvalue weighted by Gasteiger charge is 2.18.